The van der Waals surface area contributed by atoms with Crippen LogP contribution in [0.25, 0.3) is 104 Å². The van der Waals surface area contributed by atoms with Crippen molar-refractivity contribution >= 4 is 82.4 Å². The molecule has 3 heteroatoms. The molecule has 2 heterocycles. The third-order valence-electron chi connectivity index (χ3n) is 14.0. The molecule has 11 aromatic carbocycles. The first-order valence-electron chi connectivity index (χ1n) is 22.8. The molecule has 0 N–H and O–H groups in total. The molecule has 3 nitrogen and oxygen atoms in total. The van der Waals surface area contributed by atoms with Crippen molar-refractivity contribution in [1.82, 2.24) is 4.57 Å². The lowest BCUT2D eigenvalue weighted by atomic mass is 9.88. The van der Waals surface area contributed by atoms with Crippen molar-refractivity contribution in [2.24, 2.45) is 0 Å². The summed E-state index contributed by atoms with van der Waals surface area (Å²) in [5, 5.41) is 9.90. The van der Waals surface area contributed by atoms with E-state index in [2.05, 4.69) is 240 Å². The third-order valence-corrected chi connectivity index (χ3v) is 14.0. The molecule has 0 saturated carbocycles. The molecule has 0 atom stereocenters. The fourth-order valence-corrected chi connectivity index (χ4v) is 11.0. The van der Waals surface area contributed by atoms with Crippen LogP contribution in [-0.2, 0) is 6.42 Å². The number of hydrogen-bond acceptors (Lipinski definition) is 2. The molecule has 14 rings (SSSR count). The van der Waals surface area contributed by atoms with Gasteiger partial charge in [-0.05, 0) is 145 Å². The summed E-state index contributed by atoms with van der Waals surface area (Å²) in [5.74, 6) is 0. The molecule has 0 unspecified atom stereocenters. The molecule has 1 aliphatic carbocycles. The molecule has 0 saturated heterocycles. The molecule has 2 aromatic heterocycles. The Balaban J connectivity index is 0.934. The number of anilines is 3. The Bertz CT molecular complexity index is 4070. The van der Waals surface area contributed by atoms with Gasteiger partial charge in [-0.1, -0.05) is 152 Å². The molecule has 66 heavy (non-hydrogen) atoms. The van der Waals surface area contributed by atoms with E-state index >= 15 is 0 Å². The highest BCUT2D eigenvalue weighted by molar-refractivity contribution is 6.18. The first-order chi connectivity index (χ1) is 32.7. The number of aromatic nitrogens is 1. The van der Waals surface area contributed by atoms with Crippen LogP contribution in [0.3, 0.4) is 0 Å². The van der Waals surface area contributed by atoms with Gasteiger partial charge in [-0.25, -0.2) is 0 Å². The van der Waals surface area contributed by atoms with E-state index in [0.717, 1.165) is 62.2 Å². The Hall–Kier alpha value is -8.66. The van der Waals surface area contributed by atoms with E-state index in [0.29, 0.717) is 0 Å². The van der Waals surface area contributed by atoms with Crippen LogP contribution in [0.4, 0.5) is 17.1 Å². The van der Waals surface area contributed by atoms with Crippen LogP contribution in [-0.4, -0.2) is 4.57 Å². The van der Waals surface area contributed by atoms with Gasteiger partial charge in [0.25, 0.3) is 0 Å². The zero-order valence-electron chi connectivity index (χ0n) is 35.9. The SMILES string of the molecule is c1ccc(-c2ccc(N(c3ccc4c(c3)oc3cc(-c5ccc6c7cc(c8ccccc86)Cc6ccccc6-c57)ccc34)c3ccc4c5ccccc5n(-c5ccccc5)c4c3)cc2)cc1. The van der Waals surface area contributed by atoms with E-state index < -0.39 is 0 Å². The zero-order valence-corrected chi connectivity index (χ0v) is 35.9. The molecule has 0 amide bonds. The summed E-state index contributed by atoms with van der Waals surface area (Å²) in [6.45, 7) is 0. The van der Waals surface area contributed by atoms with Gasteiger partial charge in [0.2, 0.25) is 0 Å². The van der Waals surface area contributed by atoms with E-state index in [1.54, 1.807) is 0 Å². The lowest BCUT2D eigenvalue weighted by Crippen LogP contribution is -2.10. The number of rotatable bonds is 6. The van der Waals surface area contributed by atoms with E-state index in [9.17, 15) is 0 Å². The van der Waals surface area contributed by atoms with E-state index in [1.165, 1.54) is 76.8 Å². The van der Waals surface area contributed by atoms with Gasteiger partial charge < -0.3 is 13.9 Å². The number of fused-ring (bicyclic) bond motifs is 12. The predicted molar refractivity (Wildman–Crippen MR) is 277 cm³/mol. The van der Waals surface area contributed by atoms with Gasteiger partial charge in [0.1, 0.15) is 11.2 Å². The van der Waals surface area contributed by atoms with Crippen LogP contribution < -0.4 is 4.90 Å². The quantitative estimate of drug-likeness (QED) is 0.156. The van der Waals surface area contributed by atoms with Crippen LogP contribution >= 0.6 is 0 Å². The number of furan rings is 1. The second-order valence-electron chi connectivity index (χ2n) is 17.6. The van der Waals surface area contributed by atoms with Crippen molar-refractivity contribution in [2.75, 3.05) is 4.90 Å². The average Bonchev–Trinajstić information content (AvgIpc) is 3.86. The van der Waals surface area contributed by atoms with Gasteiger partial charge in [0.05, 0.1) is 11.0 Å². The summed E-state index contributed by atoms with van der Waals surface area (Å²) >= 11 is 0. The largest absolute Gasteiger partial charge is 0.456 e. The van der Waals surface area contributed by atoms with Gasteiger partial charge in [-0.2, -0.15) is 0 Å². The second-order valence-corrected chi connectivity index (χ2v) is 17.6. The first-order valence-corrected chi connectivity index (χ1v) is 22.8. The molecule has 0 radical (unpaired) electrons. The van der Waals surface area contributed by atoms with E-state index in [1.807, 2.05) is 0 Å². The highest BCUT2D eigenvalue weighted by Gasteiger charge is 2.23. The smallest absolute Gasteiger partial charge is 0.137 e. The normalized spacial score (nSPS) is 12.2. The highest BCUT2D eigenvalue weighted by Crippen LogP contribution is 2.47. The van der Waals surface area contributed by atoms with Crippen molar-refractivity contribution < 1.29 is 4.42 Å². The summed E-state index contributed by atoms with van der Waals surface area (Å²) in [6, 6.07) is 84.1. The van der Waals surface area contributed by atoms with Crippen molar-refractivity contribution in [3.05, 3.63) is 242 Å². The number of nitrogens with zero attached hydrogens (tertiary/aromatic N) is 2. The minimum Gasteiger partial charge on any atom is -0.456 e. The van der Waals surface area contributed by atoms with Crippen LogP contribution in [0.1, 0.15) is 11.1 Å². The minimum absolute atomic E-state index is 0.850. The molecule has 2 bridgehead atoms. The van der Waals surface area contributed by atoms with Gasteiger partial charge in [-0.3, -0.25) is 0 Å². The Kier molecular flexibility index (Phi) is 8.04. The van der Waals surface area contributed by atoms with Crippen molar-refractivity contribution in [1.29, 1.82) is 0 Å². The van der Waals surface area contributed by atoms with Gasteiger partial charge in [0.15, 0.2) is 0 Å². The Labute approximate surface area is 381 Å². The van der Waals surface area contributed by atoms with Gasteiger partial charge in [0, 0.05) is 50.4 Å². The summed E-state index contributed by atoms with van der Waals surface area (Å²) < 4.78 is 9.32. The van der Waals surface area contributed by atoms with Crippen LogP contribution in [0, 0.1) is 0 Å². The second kappa shape index (κ2) is 14.4. The maximum atomic E-state index is 6.94. The molecular formula is C63H40N2O. The fraction of sp³-hybridized carbons (Fsp3) is 0.0159. The molecule has 0 fully saturated rings. The molecular weight excluding hydrogens is 801 g/mol. The Morgan fingerprint density at radius 3 is 1.74 bits per heavy atom. The predicted octanol–water partition coefficient (Wildman–Crippen LogP) is 17.4. The van der Waals surface area contributed by atoms with Crippen LogP contribution in [0.2, 0.25) is 0 Å². The number of para-hydroxylation sites is 2. The number of hydrogen-bond donors (Lipinski definition) is 0. The maximum absolute atomic E-state index is 6.94. The molecule has 1 aliphatic rings. The van der Waals surface area contributed by atoms with Crippen LogP contribution in [0.15, 0.2) is 235 Å². The van der Waals surface area contributed by atoms with E-state index in [4.69, 9.17) is 4.42 Å². The summed E-state index contributed by atoms with van der Waals surface area (Å²) in [7, 11) is 0. The standard InChI is InChI=1S/C63H40N2O/c1-3-13-40(14-4-1)41-23-26-46(27-24-41)64(47-28-31-55-54-21-11-12-22-59(54)65(60(55)38-47)45-16-5-2-6-17-45)48-29-32-57-56-30-25-43(37-61(56)66-62(57)39-48)51-33-34-53-52-20-10-9-18-49(52)44-35-42-15-7-8-19-50(42)63(51)58(53)36-44/h1-34,36-39H,35H2. The third kappa shape index (κ3) is 5.63. The molecule has 0 aliphatic heterocycles. The first kappa shape index (κ1) is 36.8. The topological polar surface area (TPSA) is 21.3 Å². The van der Waals surface area contributed by atoms with Crippen LogP contribution in [0.5, 0.6) is 0 Å². The van der Waals surface area contributed by atoms with Crippen molar-refractivity contribution in [3.8, 4) is 39.1 Å². The molecule has 13 aromatic rings. The van der Waals surface area contributed by atoms with E-state index in [-0.39, 0.29) is 0 Å². The minimum atomic E-state index is 0.850. The average molecular weight is 841 g/mol. The molecule has 308 valence electrons. The monoisotopic (exact) mass is 840 g/mol. The summed E-state index contributed by atoms with van der Waals surface area (Å²) in [6.07, 6.45) is 0.907. The van der Waals surface area contributed by atoms with Crippen molar-refractivity contribution in [3.63, 3.8) is 0 Å². The zero-order chi connectivity index (χ0) is 43.3. The summed E-state index contributed by atoms with van der Waals surface area (Å²) in [5.41, 5.74) is 18.4. The Morgan fingerprint density at radius 2 is 0.909 bits per heavy atom. The van der Waals surface area contributed by atoms with Gasteiger partial charge in [-0.15, -0.1) is 0 Å². The van der Waals surface area contributed by atoms with Crippen molar-refractivity contribution in [2.45, 2.75) is 6.42 Å². The number of benzene rings is 11. The Morgan fingerprint density at radius 1 is 0.333 bits per heavy atom. The molecule has 0 spiro atoms. The highest BCUT2D eigenvalue weighted by atomic mass is 16.3. The summed E-state index contributed by atoms with van der Waals surface area (Å²) in [4.78, 5) is 2.36. The maximum Gasteiger partial charge on any atom is 0.137 e. The fourth-order valence-electron chi connectivity index (χ4n) is 11.0. The van der Waals surface area contributed by atoms with Gasteiger partial charge >= 0.3 is 0 Å². The lowest BCUT2D eigenvalue weighted by molar-refractivity contribution is 0.669. The lowest BCUT2D eigenvalue weighted by Gasteiger charge is -2.26.